The largest absolute Gasteiger partial charge is 0.378 e. The average Bonchev–Trinajstić information content (AvgIpc) is 3.16. The van der Waals surface area contributed by atoms with Crippen molar-refractivity contribution in [2.24, 2.45) is 4.99 Å². The van der Waals surface area contributed by atoms with E-state index in [1.165, 1.54) is 36.3 Å². The van der Waals surface area contributed by atoms with Crippen molar-refractivity contribution in [1.82, 2.24) is 24.6 Å². The van der Waals surface area contributed by atoms with Gasteiger partial charge in [0.15, 0.2) is 0 Å². The van der Waals surface area contributed by atoms with Crippen LogP contribution in [0, 0.1) is 6.92 Å². The number of rotatable bonds is 4. The second-order valence-electron chi connectivity index (χ2n) is 10.6. The van der Waals surface area contributed by atoms with Gasteiger partial charge in [0.1, 0.15) is 11.7 Å². The van der Waals surface area contributed by atoms with Crippen molar-refractivity contribution in [1.29, 1.82) is 0 Å². The van der Waals surface area contributed by atoms with E-state index in [-0.39, 0.29) is 6.04 Å². The molecule has 3 fully saturated rings. The molecular formula is C27H38N6O. The lowest BCUT2D eigenvalue weighted by Gasteiger charge is -2.47. The number of piperazine rings is 1. The fourth-order valence-corrected chi connectivity index (χ4v) is 6.60. The molecule has 0 aromatic carbocycles. The van der Waals surface area contributed by atoms with Gasteiger partial charge in [-0.05, 0) is 63.9 Å². The summed E-state index contributed by atoms with van der Waals surface area (Å²) >= 11 is 0. The minimum Gasteiger partial charge on any atom is -0.378 e. The maximum atomic E-state index is 5.41. The van der Waals surface area contributed by atoms with E-state index >= 15 is 0 Å². The van der Waals surface area contributed by atoms with Gasteiger partial charge in [0.2, 0.25) is 0 Å². The monoisotopic (exact) mass is 462 g/mol. The Kier molecular flexibility index (Phi) is 5.95. The lowest BCUT2D eigenvalue weighted by Crippen LogP contribution is -2.58. The molecule has 6 rings (SSSR count). The highest BCUT2D eigenvalue weighted by atomic mass is 16.5. The van der Waals surface area contributed by atoms with E-state index in [0.717, 1.165) is 45.2 Å². The molecule has 7 heteroatoms. The number of piperidine rings is 1. The minimum atomic E-state index is 0.270. The Morgan fingerprint density at radius 1 is 1.09 bits per heavy atom. The van der Waals surface area contributed by atoms with Gasteiger partial charge in [-0.1, -0.05) is 12.1 Å². The normalized spacial score (nSPS) is 32.9. The van der Waals surface area contributed by atoms with Crippen molar-refractivity contribution in [3.05, 3.63) is 53.6 Å². The van der Waals surface area contributed by atoms with E-state index in [2.05, 4.69) is 64.8 Å². The van der Waals surface area contributed by atoms with Crippen molar-refractivity contribution in [2.45, 2.75) is 63.3 Å². The number of aromatic nitrogens is 1. The van der Waals surface area contributed by atoms with Crippen LogP contribution in [0.15, 0.2) is 47.4 Å². The average molecular weight is 463 g/mol. The first-order valence-corrected chi connectivity index (χ1v) is 13.1. The first-order valence-electron chi connectivity index (χ1n) is 13.1. The number of likely N-dealkylation sites (tertiary alicyclic amines) is 1. The topological polar surface area (TPSA) is 47.4 Å². The number of hydrogen-bond acceptors (Lipinski definition) is 7. The molecule has 3 saturated heterocycles. The van der Waals surface area contributed by atoms with Gasteiger partial charge in [-0.15, -0.1) is 0 Å². The second-order valence-corrected chi connectivity index (χ2v) is 10.6. The summed E-state index contributed by atoms with van der Waals surface area (Å²) in [6.07, 6.45) is 12.2. The summed E-state index contributed by atoms with van der Waals surface area (Å²) in [6, 6.07) is 6.29. The first kappa shape index (κ1) is 22.3. The third-order valence-corrected chi connectivity index (χ3v) is 8.69. The third-order valence-electron chi connectivity index (χ3n) is 8.69. The molecule has 0 saturated carbocycles. The predicted octanol–water partition coefficient (Wildman–Crippen LogP) is 2.81. The summed E-state index contributed by atoms with van der Waals surface area (Å²) in [4.78, 5) is 20.4. The lowest BCUT2D eigenvalue weighted by atomic mass is 9.87. The van der Waals surface area contributed by atoms with Crippen molar-refractivity contribution in [3.8, 4) is 0 Å². The second kappa shape index (κ2) is 9.10. The van der Waals surface area contributed by atoms with E-state index in [1.54, 1.807) is 0 Å². The maximum Gasteiger partial charge on any atom is 0.129 e. The highest BCUT2D eigenvalue weighted by Gasteiger charge is 2.44. The summed E-state index contributed by atoms with van der Waals surface area (Å²) in [5, 5.41) is 0. The lowest BCUT2D eigenvalue weighted by molar-refractivity contribution is -0.0759. The molecule has 2 unspecified atom stereocenters. The van der Waals surface area contributed by atoms with E-state index in [0.29, 0.717) is 24.2 Å². The van der Waals surface area contributed by atoms with Gasteiger partial charge in [0.05, 0.1) is 43.1 Å². The molecule has 0 aliphatic carbocycles. The Balaban J connectivity index is 1.18. The van der Waals surface area contributed by atoms with Gasteiger partial charge in [0.25, 0.3) is 0 Å². The molecule has 34 heavy (non-hydrogen) atoms. The summed E-state index contributed by atoms with van der Waals surface area (Å²) in [5.74, 6) is 2.46. The molecule has 7 nitrogen and oxygen atoms in total. The standard InChI is InChI=1S/C27H38N6O/c1-19-7-6-12-28-26(19)22-8-4-9-23(30(22)3)27-20(2)33-24(29-27)10-5-11-25(33)32-15-13-31(14-16-32)21-17-34-18-21/h5-7,10-12,20-23,27H,4,8-9,13-18H2,1-3H3/t20?,22-,23+,27?/m0/s1. The van der Waals surface area contributed by atoms with Gasteiger partial charge in [0, 0.05) is 38.4 Å². The van der Waals surface area contributed by atoms with Crippen LogP contribution >= 0.6 is 0 Å². The summed E-state index contributed by atoms with van der Waals surface area (Å²) in [5.41, 5.74) is 2.53. The van der Waals surface area contributed by atoms with E-state index in [9.17, 15) is 0 Å². The number of fused-ring (bicyclic) bond motifs is 1. The number of aliphatic imine (C=N–C) groups is 1. The summed E-state index contributed by atoms with van der Waals surface area (Å²) in [7, 11) is 2.29. The fraction of sp³-hybridized carbons (Fsp3) is 0.630. The first-order chi connectivity index (χ1) is 16.6. The highest BCUT2D eigenvalue weighted by Crippen LogP contribution is 2.39. The Morgan fingerprint density at radius 2 is 1.91 bits per heavy atom. The molecule has 0 spiro atoms. The van der Waals surface area contributed by atoms with Gasteiger partial charge >= 0.3 is 0 Å². The Morgan fingerprint density at radius 3 is 2.65 bits per heavy atom. The van der Waals surface area contributed by atoms with Crippen LogP contribution in [0.25, 0.3) is 0 Å². The van der Waals surface area contributed by atoms with Crippen molar-refractivity contribution in [2.75, 3.05) is 46.4 Å². The van der Waals surface area contributed by atoms with E-state index in [1.807, 2.05) is 12.3 Å². The van der Waals surface area contributed by atoms with Crippen molar-refractivity contribution >= 4 is 5.84 Å². The number of amidine groups is 1. The molecular weight excluding hydrogens is 424 g/mol. The zero-order chi connectivity index (χ0) is 23.2. The van der Waals surface area contributed by atoms with Crippen LogP contribution in [-0.2, 0) is 4.74 Å². The molecule has 0 bridgehead atoms. The molecule has 1 aromatic rings. The van der Waals surface area contributed by atoms with E-state index < -0.39 is 0 Å². The Bertz CT molecular complexity index is 993. The van der Waals surface area contributed by atoms with Crippen LogP contribution in [0.3, 0.4) is 0 Å². The summed E-state index contributed by atoms with van der Waals surface area (Å²) < 4.78 is 5.41. The van der Waals surface area contributed by atoms with Crippen molar-refractivity contribution in [3.63, 3.8) is 0 Å². The predicted molar refractivity (Wildman–Crippen MR) is 135 cm³/mol. The van der Waals surface area contributed by atoms with Crippen LogP contribution in [0.1, 0.15) is 43.5 Å². The molecule has 6 heterocycles. The van der Waals surface area contributed by atoms with Crippen LogP contribution in [-0.4, -0.2) is 101 Å². The van der Waals surface area contributed by atoms with Crippen LogP contribution < -0.4 is 0 Å². The zero-order valence-corrected chi connectivity index (χ0v) is 20.8. The quantitative estimate of drug-likeness (QED) is 0.686. The SMILES string of the molecule is Cc1cccnc1[C@@H]1CCC[C@H](C2N=C3C=CC=C(N4CCN(C5COC5)CC4)N3C2C)N1C. The number of nitrogens with zero attached hydrogens (tertiary/aromatic N) is 6. The minimum absolute atomic E-state index is 0.270. The number of allylic oxidation sites excluding steroid dienone is 2. The molecule has 4 atom stereocenters. The van der Waals surface area contributed by atoms with Crippen LogP contribution in [0.4, 0.5) is 0 Å². The van der Waals surface area contributed by atoms with Crippen LogP contribution in [0.5, 0.6) is 0 Å². The third kappa shape index (κ3) is 3.78. The molecule has 1 aromatic heterocycles. The fourth-order valence-electron chi connectivity index (χ4n) is 6.60. The molecule has 182 valence electrons. The maximum absolute atomic E-state index is 5.41. The molecule has 5 aliphatic heterocycles. The summed E-state index contributed by atoms with van der Waals surface area (Å²) in [6.45, 7) is 10.7. The van der Waals surface area contributed by atoms with Gasteiger partial charge in [-0.3, -0.25) is 19.8 Å². The zero-order valence-electron chi connectivity index (χ0n) is 20.8. The number of likely N-dealkylation sites (N-methyl/N-ethyl adjacent to an activating group) is 1. The number of aryl methyl sites for hydroxylation is 1. The molecule has 0 radical (unpaired) electrons. The van der Waals surface area contributed by atoms with Gasteiger partial charge in [-0.2, -0.15) is 0 Å². The van der Waals surface area contributed by atoms with Crippen molar-refractivity contribution < 1.29 is 4.74 Å². The van der Waals surface area contributed by atoms with Gasteiger partial charge in [-0.25, -0.2) is 0 Å². The van der Waals surface area contributed by atoms with Crippen LogP contribution in [0.2, 0.25) is 0 Å². The Labute approximate surface area is 203 Å². The number of hydrogen-bond donors (Lipinski definition) is 0. The van der Waals surface area contributed by atoms with E-state index in [4.69, 9.17) is 14.7 Å². The molecule has 0 amide bonds. The highest BCUT2D eigenvalue weighted by molar-refractivity contribution is 5.97. The number of ether oxygens (including phenoxy) is 1. The smallest absolute Gasteiger partial charge is 0.129 e. The number of pyridine rings is 1. The Hall–Kier alpha value is -2.22. The molecule has 0 N–H and O–H groups in total. The molecule has 5 aliphatic rings. The van der Waals surface area contributed by atoms with Gasteiger partial charge < -0.3 is 14.5 Å².